The lowest BCUT2D eigenvalue weighted by atomic mass is 10.0. The van der Waals surface area contributed by atoms with E-state index in [9.17, 15) is 4.79 Å². The minimum absolute atomic E-state index is 0.160. The standard InChI is InChI=1S/C17H23N3O/c1-13(2)19-16-6-8-20(9-7-16)17(21)11-14-4-3-5-15(10-14)12-18/h3-5,10,13,16,19H,6-9,11H2,1-2H3. The summed E-state index contributed by atoms with van der Waals surface area (Å²) in [7, 11) is 0. The normalized spacial score (nSPS) is 16.0. The molecule has 1 heterocycles. The fourth-order valence-corrected chi connectivity index (χ4v) is 2.80. The van der Waals surface area contributed by atoms with Crippen LogP contribution in [0.1, 0.15) is 37.8 Å². The first kappa shape index (κ1) is 15.5. The predicted octanol–water partition coefficient (Wildman–Crippen LogP) is 2.09. The van der Waals surface area contributed by atoms with Crippen LogP contribution in [-0.4, -0.2) is 36.0 Å². The zero-order valence-electron chi connectivity index (χ0n) is 12.8. The number of nitrogens with one attached hydrogen (secondary N) is 1. The summed E-state index contributed by atoms with van der Waals surface area (Å²) in [4.78, 5) is 14.3. The molecule has 2 rings (SSSR count). The molecule has 0 unspecified atom stereocenters. The van der Waals surface area contributed by atoms with E-state index in [1.54, 1.807) is 12.1 Å². The maximum atomic E-state index is 12.3. The van der Waals surface area contributed by atoms with Gasteiger partial charge in [-0.1, -0.05) is 26.0 Å². The Morgan fingerprint density at radius 3 is 2.76 bits per heavy atom. The lowest BCUT2D eigenvalue weighted by Crippen LogP contribution is -2.47. The van der Waals surface area contributed by atoms with E-state index in [1.165, 1.54) is 0 Å². The minimum atomic E-state index is 0.160. The highest BCUT2D eigenvalue weighted by Gasteiger charge is 2.22. The van der Waals surface area contributed by atoms with Crippen molar-refractivity contribution in [3.63, 3.8) is 0 Å². The summed E-state index contributed by atoms with van der Waals surface area (Å²) in [6.07, 6.45) is 2.42. The number of likely N-dealkylation sites (tertiary alicyclic amines) is 1. The zero-order valence-corrected chi connectivity index (χ0v) is 12.8. The molecule has 1 aliphatic rings. The number of carbonyl (C=O) groups excluding carboxylic acids is 1. The van der Waals surface area contributed by atoms with Crippen molar-refractivity contribution in [3.8, 4) is 6.07 Å². The maximum absolute atomic E-state index is 12.3. The molecule has 0 bridgehead atoms. The summed E-state index contributed by atoms with van der Waals surface area (Å²) in [6, 6.07) is 10.4. The van der Waals surface area contributed by atoms with E-state index in [-0.39, 0.29) is 5.91 Å². The van der Waals surface area contributed by atoms with E-state index in [2.05, 4.69) is 25.2 Å². The van der Waals surface area contributed by atoms with Crippen LogP contribution in [0.5, 0.6) is 0 Å². The summed E-state index contributed by atoms with van der Waals surface area (Å²) in [5.74, 6) is 0.160. The smallest absolute Gasteiger partial charge is 0.226 e. The highest BCUT2D eigenvalue weighted by Crippen LogP contribution is 2.13. The van der Waals surface area contributed by atoms with Gasteiger partial charge in [-0.15, -0.1) is 0 Å². The lowest BCUT2D eigenvalue weighted by molar-refractivity contribution is -0.131. The summed E-state index contributed by atoms with van der Waals surface area (Å²) >= 11 is 0. The van der Waals surface area contributed by atoms with Gasteiger partial charge in [0.15, 0.2) is 0 Å². The van der Waals surface area contributed by atoms with Crippen molar-refractivity contribution >= 4 is 5.91 Å². The van der Waals surface area contributed by atoms with Crippen molar-refractivity contribution in [2.24, 2.45) is 0 Å². The van der Waals surface area contributed by atoms with Crippen LogP contribution in [0.3, 0.4) is 0 Å². The highest BCUT2D eigenvalue weighted by molar-refractivity contribution is 5.79. The molecule has 112 valence electrons. The van der Waals surface area contributed by atoms with Crippen LogP contribution in [0.15, 0.2) is 24.3 Å². The SMILES string of the molecule is CC(C)NC1CCN(C(=O)Cc2cccc(C#N)c2)CC1. The third-order valence-corrected chi connectivity index (χ3v) is 3.83. The Balaban J connectivity index is 1.86. The summed E-state index contributed by atoms with van der Waals surface area (Å²) in [5, 5.41) is 12.4. The summed E-state index contributed by atoms with van der Waals surface area (Å²) in [5.41, 5.74) is 1.53. The first-order valence-electron chi connectivity index (χ1n) is 7.61. The first-order chi connectivity index (χ1) is 10.1. The Kier molecular flexibility index (Phi) is 5.35. The number of carbonyl (C=O) groups is 1. The lowest BCUT2D eigenvalue weighted by Gasteiger charge is -2.33. The van der Waals surface area contributed by atoms with Crippen LogP contribution in [0.2, 0.25) is 0 Å². The molecule has 1 aromatic rings. The molecule has 1 fully saturated rings. The fourth-order valence-electron chi connectivity index (χ4n) is 2.80. The number of rotatable bonds is 4. The van der Waals surface area contributed by atoms with Crippen molar-refractivity contribution in [1.29, 1.82) is 5.26 Å². The van der Waals surface area contributed by atoms with Crippen LogP contribution in [-0.2, 0) is 11.2 Å². The average molecular weight is 285 g/mol. The van der Waals surface area contributed by atoms with E-state index in [0.717, 1.165) is 31.5 Å². The van der Waals surface area contributed by atoms with Crippen LogP contribution >= 0.6 is 0 Å². The van der Waals surface area contributed by atoms with Crippen LogP contribution in [0, 0.1) is 11.3 Å². The molecule has 0 radical (unpaired) electrons. The Morgan fingerprint density at radius 1 is 1.43 bits per heavy atom. The zero-order chi connectivity index (χ0) is 15.2. The van der Waals surface area contributed by atoms with Crippen molar-refractivity contribution in [2.45, 2.75) is 45.2 Å². The second-order valence-electron chi connectivity index (χ2n) is 5.97. The van der Waals surface area contributed by atoms with Crippen molar-refractivity contribution in [2.75, 3.05) is 13.1 Å². The van der Waals surface area contributed by atoms with Gasteiger partial charge in [0, 0.05) is 25.2 Å². The molecule has 1 aromatic carbocycles. The second kappa shape index (κ2) is 7.24. The van der Waals surface area contributed by atoms with Crippen molar-refractivity contribution < 1.29 is 4.79 Å². The second-order valence-corrected chi connectivity index (χ2v) is 5.97. The van der Waals surface area contributed by atoms with E-state index in [1.807, 2.05) is 17.0 Å². The van der Waals surface area contributed by atoms with Gasteiger partial charge >= 0.3 is 0 Å². The molecular weight excluding hydrogens is 262 g/mol. The Labute approximate surface area is 126 Å². The minimum Gasteiger partial charge on any atom is -0.342 e. The molecule has 1 saturated heterocycles. The third-order valence-electron chi connectivity index (χ3n) is 3.83. The van der Waals surface area contributed by atoms with E-state index < -0.39 is 0 Å². The van der Waals surface area contributed by atoms with Gasteiger partial charge in [-0.25, -0.2) is 0 Å². The van der Waals surface area contributed by atoms with Gasteiger partial charge in [-0.05, 0) is 30.5 Å². The number of amides is 1. The molecule has 0 spiro atoms. The molecule has 21 heavy (non-hydrogen) atoms. The highest BCUT2D eigenvalue weighted by atomic mass is 16.2. The molecular formula is C17H23N3O. The number of hydrogen-bond acceptors (Lipinski definition) is 3. The number of nitriles is 1. The van der Waals surface area contributed by atoms with Gasteiger partial charge in [0.05, 0.1) is 18.1 Å². The number of nitrogens with zero attached hydrogens (tertiary/aromatic N) is 2. The number of hydrogen-bond donors (Lipinski definition) is 1. The Hall–Kier alpha value is -1.86. The van der Waals surface area contributed by atoms with E-state index in [4.69, 9.17) is 5.26 Å². The monoisotopic (exact) mass is 285 g/mol. The Bertz CT molecular complexity index is 525. The van der Waals surface area contributed by atoms with Gasteiger partial charge in [0.1, 0.15) is 0 Å². The number of benzene rings is 1. The van der Waals surface area contributed by atoms with Gasteiger partial charge in [0.2, 0.25) is 5.91 Å². The molecule has 0 atom stereocenters. The number of piperidine rings is 1. The molecule has 0 saturated carbocycles. The fraction of sp³-hybridized carbons (Fsp3) is 0.529. The predicted molar refractivity (Wildman–Crippen MR) is 82.7 cm³/mol. The largest absolute Gasteiger partial charge is 0.342 e. The van der Waals surface area contributed by atoms with Gasteiger partial charge in [0.25, 0.3) is 0 Å². The molecule has 0 aliphatic carbocycles. The molecule has 1 amide bonds. The van der Waals surface area contributed by atoms with Crippen LogP contribution < -0.4 is 5.32 Å². The van der Waals surface area contributed by atoms with Crippen LogP contribution in [0.25, 0.3) is 0 Å². The molecule has 1 N–H and O–H groups in total. The topological polar surface area (TPSA) is 56.1 Å². The van der Waals surface area contributed by atoms with Gasteiger partial charge in [-0.3, -0.25) is 4.79 Å². The molecule has 4 heteroatoms. The quantitative estimate of drug-likeness (QED) is 0.921. The third kappa shape index (κ3) is 4.57. The molecule has 4 nitrogen and oxygen atoms in total. The van der Waals surface area contributed by atoms with Crippen molar-refractivity contribution in [1.82, 2.24) is 10.2 Å². The molecule has 0 aromatic heterocycles. The van der Waals surface area contributed by atoms with Crippen molar-refractivity contribution in [3.05, 3.63) is 35.4 Å². The summed E-state index contributed by atoms with van der Waals surface area (Å²) < 4.78 is 0. The van der Waals surface area contributed by atoms with Gasteiger partial charge in [-0.2, -0.15) is 5.26 Å². The van der Waals surface area contributed by atoms with E-state index in [0.29, 0.717) is 24.1 Å². The first-order valence-corrected chi connectivity index (χ1v) is 7.61. The molecule has 1 aliphatic heterocycles. The average Bonchev–Trinajstić information content (AvgIpc) is 2.47. The van der Waals surface area contributed by atoms with Crippen LogP contribution in [0.4, 0.5) is 0 Å². The summed E-state index contributed by atoms with van der Waals surface area (Å²) in [6.45, 7) is 5.95. The Morgan fingerprint density at radius 2 is 2.14 bits per heavy atom. The van der Waals surface area contributed by atoms with E-state index >= 15 is 0 Å². The maximum Gasteiger partial charge on any atom is 0.226 e. The van der Waals surface area contributed by atoms with Gasteiger partial charge < -0.3 is 10.2 Å².